The van der Waals surface area contributed by atoms with Gasteiger partial charge in [0.1, 0.15) is 0 Å². The van der Waals surface area contributed by atoms with Gasteiger partial charge in [-0.2, -0.15) is 0 Å². The molecule has 0 saturated heterocycles. The second-order valence-corrected chi connectivity index (χ2v) is 8.39. The van der Waals surface area contributed by atoms with Crippen LogP contribution in [0, 0.1) is 12.3 Å². The first-order valence-corrected chi connectivity index (χ1v) is 8.85. The van der Waals surface area contributed by atoms with E-state index in [2.05, 4.69) is 45.1 Å². The molecule has 0 spiro atoms. The summed E-state index contributed by atoms with van der Waals surface area (Å²) in [5, 5.41) is 3.76. The Balaban J connectivity index is 2.20. The molecule has 0 heterocycles. The first-order chi connectivity index (χ1) is 9.43. The van der Waals surface area contributed by atoms with Crippen molar-refractivity contribution >= 4 is 10.8 Å². The average molecular weight is 293 g/mol. The van der Waals surface area contributed by atoms with Gasteiger partial charge in [-0.25, -0.2) is 0 Å². The van der Waals surface area contributed by atoms with Gasteiger partial charge in [-0.1, -0.05) is 38.5 Å². The van der Waals surface area contributed by atoms with Crippen molar-refractivity contribution in [3.63, 3.8) is 0 Å². The van der Waals surface area contributed by atoms with Crippen LogP contribution in [0.25, 0.3) is 0 Å². The summed E-state index contributed by atoms with van der Waals surface area (Å²) in [5.74, 6) is 0. The Labute approximate surface area is 125 Å². The van der Waals surface area contributed by atoms with Crippen molar-refractivity contribution < 1.29 is 4.21 Å². The van der Waals surface area contributed by atoms with E-state index in [4.69, 9.17) is 0 Å². The van der Waals surface area contributed by atoms with Crippen LogP contribution in [-0.4, -0.2) is 22.0 Å². The minimum atomic E-state index is -0.919. The summed E-state index contributed by atoms with van der Waals surface area (Å²) in [7, 11) is -0.919. The molecule has 0 aliphatic heterocycles. The lowest BCUT2D eigenvalue weighted by atomic mass is 9.75. The lowest BCUT2D eigenvalue weighted by molar-refractivity contribution is 0.213. The second-order valence-electron chi connectivity index (χ2n) is 6.72. The van der Waals surface area contributed by atoms with E-state index in [0.29, 0.717) is 11.5 Å². The Morgan fingerprint density at radius 2 is 1.95 bits per heavy atom. The molecule has 0 radical (unpaired) electrons. The highest BCUT2D eigenvalue weighted by Crippen LogP contribution is 2.38. The molecule has 1 aliphatic rings. The van der Waals surface area contributed by atoms with Crippen molar-refractivity contribution in [3.05, 3.63) is 29.8 Å². The molecule has 1 aromatic carbocycles. The smallest absolute Gasteiger partial charge is 0.0576 e. The van der Waals surface area contributed by atoms with Crippen LogP contribution in [0.15, 0.2) is 29.2 Å². The summed E-state index contributed by atoms with van der Waals surface area (Å²) in [6.45, 7) is 9.75. The van der Waals surface area contributed by atoms with E-state index in [1.807, 2.05) is 12.1 Å². The summed E-state index contributed by atoms with van der Waals surface area (Å²) in [6.07, 6.45) is 3.38. The molecule has 1 aromatic rings. The van der Waals surface area contributed by atoms with E-state index >= 15 is 0 Å². The van der Waals surface area contributed by atoms with Crippen molar-refractivity contribution in [2.75, 3.05) is 6.54 Å². The van der Waals surface area contributed by atoms with Gasteiger partial charge in [-0.05, 0) is 50.3 Å². The topological polar surface area (TPSA) is 29.1 Å². The highest BCUT2D eigenvalue weighted by Gasteiger charge is 2.38. The molecule has 20 heavy (non-hydrogen) atoms. The summed E-state index contributed by atoms with van der Waals surface area (Å²) in [4.78, 5) is 0.973. The van der Waals surface area contributed by atoms with Gasteiger partial charge >= 0.3 is 0 Å². The Morgan fingerprint density at radius 3 is 2.55 bits per heavy atom. The Hall–Kier alpha value is -0.670. The molecule has 0 bridgehead atoms. The number of rotatable bonds is 4. The molecule has 2 rings (SSSR count). The van der Waals surface area contributed by atoms with Gasteiger partial charge < -0.3 is 5.32 Å². The van der Waals surface area contributed by atoms with E-state index < -0.39 is 10.8 Å². The van der Waals surface area contributed by atoms with Crippen molar-refractivity contribution in [1.82, 2.24) is 5.32 Å². The standard InChI is InChI=1S/C17H27NOS/c1-5-18-15-10-11-17(3,4)12-16(15)20(19)14-8-6-13(2)7-9-14/h6-9,15-16,18H,5,10-12H2,1-4H3. The van der Waals surface area contributed by atoms with Gasteiger partial charge in [0.05, 0.1) is 16.0 Å². The number of hydrogen-bond donors (Lipinski definition) is 1. The van der Waals surface area contributed by atoms with Gasteiger partial charge in [-0.15, -0.1) is 0 Å². The summed E-state index contributed by atoms with van der Waals surface area (Å²) < 4.78 is 13.0. The zero-order valence-corrected chi connectivity index (χ0v) is 13.9. The normalized spacial score (nSPS) is 27.2. The third-order valence-electron chi connectivity index (χ3n) is 4.33. The third-order valence-corrected chi connectivity index (χ3v) is 6.11. The zero-order valence-electron chi connectivity index (χ0n) is 13.1. The fourth-order valence-electron chi connectivity index (χ4n) is 3.09. The minimum absolute atomic E-state index is 0.224. The summed E-state index contributed by atoms with van der Waals surface area (Å²) >= 11 is 0. The van der Waals surface area contributed by atoms with Gasteiger partial charge in [0, 0.05) is 10.9 Å². The molecule has 3 unspecified atom stereocenters. The molecule has 0 amide bonds. The van der Waals surface area contributed by atoms with Crippen LogP contribution in [-0.2, 0) is 10.8 Å². The van der Waals surface area contributed by atoms with Crippen LogP contribution in [0.1, 0.15) is 45.6 Å². The van der Waals surface area contributed by atoms with Crippen LogP contribution in [0.3, 0.4) is 0 Å². The minimum Gasteiger partial charge on any atom is -0.313 e. The van der Waals surface area contributed by atoms with Crippen molar-refractivity contribution in [1.29, 1.82) is 0 Å². The lowest BCUT2D eigenvalue weighted by Gasteiger charge is -2.40. The van der Waals surface area contributed by atoms with Gasteiger partial charge in [0.25, 0.3) is 0 Å². The molecule has 2 nitrogen and oxygen atoms in total. The molecule has 3 atom stereocenters. The van der Waals surface area contributed by atoms with Gasteiger partial charge in [-0.3, -0.25) is 4.21 Å². The SMILES string of the molecule is CCNC1CCC(C)(C)CC1S(=O)c1ccc(C)cc1. The molecule has 1 fully saturated rings. The van der Waals surface area contributed by atoms with Crippen LogP contribution in [0.4, 0.5) is 0 Å². The molecular formula is C17H27NOS. The molecular weight excluding hydrogens is 266 g/mol. The Kier molecular flexibility index (Phi) is 5.03. The van der Waals surface area contributed by atoms with Crippen molar-refractivity contribution in [2.24, 2.45) is 5.41 Å². The van der Waals surface area contributed by atoms with Crippen LogP contribution in [0.5, 0.6) is 0 Å². The highest BCUT2D eigenvalue weighted by atomic mass is 32.2. The van der Waals surface area contributed by atoms with Gasteiger partial charge in [0.2, 0.25) is 0 Å². The van der Waals surface area contributed by atoms with Gasteiger partial charge in [0.15, 0.2) is 0 Å². The first kappa shape index (κ1) is 15.7. The van der Waals surface area contributed by atoms with E-state index in [1.54, 1.807) is 0 Å². The monoisotopic (exact) mass is 293 g/mol. The maximum Gasteiger partial charge on any atom is 0.0576 e. The molecule has 112 valence electrons. The molecule has 1 saturated carbocycles. The quantitative estimate of drug-likeness (QED) is 0.918. The largest absolute Gasteiger partial charge is 0.313 e. The summed E-state index contributed by atoms with van der Waals surface area (Å²) in [5.41, 5.74) is 1.52. The predicted molar refractivity (Wildman–Crippen MR) is 86.5 cm³/mol. The Bertz CT molecular complexity index is 466. The predicted octanol–water partition coefficient (Wildman–Crippen LogP) is 3.66. The summed E-state index contributed by atoms with van der Waals surface area (Å²) in [6, 6.07) is 8.55. The zero-order chi connectivity index (χ0) is 14.8. The van der Waals surface area contributed by atoms with Crippen molar-refractivity contribution in [3.8, 4) is 0 Å². The number of hydrogen-bond acceptors (Lipinski definition) is 2. The van der Waals surface area contributed by atoms with Crippen LogP contribution in [0.2, 0.25) is 0 Å². The maximum atomic E-state index is 13.0. The average Bonchev–Trinajstić information content (AvgIpc) is 2.41. The molecule has 1 aliphatic carbocycles. The fraction of sp³-hybridized carbons (Fsp3) is 0.647. The molecule has 0 aromatic heterocycles. The number of nitrogens with one attached hydrogen (secondary N) is 1. The lowest BCUT2D eigenvalue weighted by Crippen LogP contribution is -2.48. The second kappa shape index (κ2) is 6.40. The van der Waals surface area contributed by atoms with Crippen LogP contribution < -0.4 is 5.32 Å². The molecule has 3 heteroatoms. The van der Waals surface area contributed by atoms with E-state index in [9.17, 15) is 4.21 Å². The third kappa shape index (κ3) is 3.70. The highest BCUT2D eigenvalue weighted by molar-refractivity contribution is 7.85. The van der Waals surface area contributed by atoms with E-state index in [0.717, 1.165) is 24.3 Å². The van der Waals surface area contributed by atoms with Crippen molar-refractivity contribution in [2.45, 2.75) is 63.1 Å². The van der Waals surface area contributed by atoms with Crippen LogP contribution >= 0.6 is 0 Å². The number of aryl methyl sites for hydroxylation is 1. The fourth-order valence-corrected chi connectivity index (χ4v) is 4.98. The Morgan fingerprint density at radius 1 is 1.30 bits per heavy atom. The maximum absolute atomic E-state index is 13.0. The van der Waals surface area contributed by atoms with E-state index in [1.165, 1.54) is 12.0 Å². The number of benzene rings is 1. The first-order valence-electron chi connectivity index (χ1n) is 7.63. The molecule has 1 N–H and O–H groups in total. The van der Waals surface area contributed by atoms with E-state index in [-0.39, 0.29) is 5.25 Å².